The SMILES string of the molecule is O=C(O)c1cccc(Nc2ncc(Br)c(Nc3ccc(F)cc3)n2)c1. The fourth-order valence-electron chi connectivity index (χ4n) is 2.04. The molecule has 0 aliphatic carbocycles. The summed E-state index contributed by atoms with van der Waals surface area (Å²) in [6, 6.07) is 12.2. The molecule has 0 saturated heterocycles. The van der Waals surface area contributed by atoms with E-state index in [9.17, 15) is 9.18 Å². The van der Waals surface area contributed by atoms with Gasteiger partial charge in [0.25, 0.3) is 0 Å². The fraction of sp³-hybridized carbons (Fsp3) is 0. The van der Waals surface area contributed by atoms with Gasteiger partial charge in [-0.15, -0.1) is 0 Å². The van der Waals surface area contributed by atoms with Crippen molar-refractivity contribution < 1.29 is 14.3 Å². The fourth-order valence-corrected chi connectivity index (χ4v) is 2.33. The van der Waals surface area contributed by atoms with Gasteiger partial charge in [-0.3, -0.25) is 0 Å². The van der Waals surface area contributed by atoms with Gasteiger partial charge in [0.15, 0.2) is 0 Å². The van der Waals surface area contributed by atoms with Gasteiger partial charge in [-0.25, -0.2) is 14.2 Å². The predicted molar refractivity (Wildman–Crippen MR) is 96.1 cm³/mol. The highest BCUT2D eigenvalue weighted by Crippen LogP contribution is 2.25. The minimum Gasteiger partial charge on any atom is -0.478 e. The van der Waals surface area contributed by atoms with Gasteiger partial charge in [-0.2, -0.15) is 4.98 Å². The van der Waals surface area contributed by atoms with E-state index >= 15 is 0 Å². The molecule has 3 aromatic rings. The molecule has 0 aliphatic heterocycles. The molecular formula is C17H12BrFN4O2. The minimum atomic E-state index is -1.01. The van der Waals surface area contributed by atoms with Crippen molar-refractivity contribution in [3.8, 4) is 0 Å². The lowest BCUT2D eigenvalue weighted by Crippen LogP contribution is -2.03. The van der Waals surface area contributed by atoms with E-state index < -0.39 is 5.97 Å². The second kappa shape index (κ2) is 7.27. The summed E-state index contributed by atoms with van der Waals surface area (Å²) in [7, 11) is 0. The normalized spacial score (nSPS) is 10.3. The third kappa shape index (κ3) is 4.30. The molecule has 2 aromatic carbocycles. The Balaban J connectivity index is 1.82. The highest BCUT2D eigenvalue weighted by molar-refractivity contribution is 9.10. The van der Waals surface area contributed by atoms with Crippen LogP contribution in [-0.2, 0) is 0 Å². The largest absolute Gasteiger partial charge is 0.478 e. The highest BCUT2D eigenvalue weighted by Gasteiger charge is 2.08. The highest BCUT2D eigenvalue weighted by atomic mass is 79.9. The van der Waals surface area contributed by atoms with Crippen LogP contribution in [0.2, 0.25) is 0 Å². The van der Waals surface area contributed by atoms with Crippen LogP contribution in [0.15, 0.2) is 59.2 Å². The molecule has 0 aliphatic rings. The van der Waals surface area contributed by atoms with Crippen molar-refractivity contribution >= 4 is 45.0 Å². The monoisotopic (exact) mass is 402 g/mol. The molecular weight excluding hydrogens is 391 g/mol. The molecule has 0 unspecified atom stereocenters. The molecule has 6 nitrogen and oxygen atoms in total. The minimum absolute atomic E-state index is 0.159. The average molecular weight is 403 g/mol. The lowest BCUT2D eigenvalue weighted by Gasteiger charge is -2.10. The maximum atomic E-state index is 13.0. The second-order valence-electron chi connectivity index (χ2n) is 5.03. The summed E-state index contributed by atoms with van der Waals surface area (Å²) in [5.74, 6) is -0.569. The Labute approximate surface area is 150 Å². The maximum Gasteiger partial charge on any atom is 0.335 e. The molecule has 0 spiro atoms. The number of halogens is 2. The standard InChI is InChI=1S/C17H12BrFN4O2/c18-14-9-20-17(22-13-3-1-2-10(8-13)16(24)25)23-15(14)21-12-6-4-11(19)5-7-12/h1-9H,(H,24,25)(H2,20,21,22,23). The number of carboxylic acids is 1. The summed E-state index contributed by atoms with van der Waals surface area (Å²) in [6.45, 7) is 0. The van der Waals surface area contributed by atoms with Gasteiger partial charge in [0.1, 0.15) is 11.6 Å². The molecule has 25 heavy (non-hydrogen) atoms. The maximum absolute atomic E-state index is 13.0. The van der Waals surface area contributed by atoms with Crippen molar-refractivity contribution in [2.24, 2.45) is 0 Å². The number of carboxylic acid groups (broad SMARTS) is 1. The van der Waals surface area contributed by atoms with E-state index in [0.717, 1.165) is 0 Å². The average Bonchev–Trinajstić information content (AvgIpc) is 2.60. The molecule has 0 amide bonds. The number of anilines is 4. The zero-order valence-electron chi connectivity index (χ0n) is 12.7. The topological polar surface area (TPSA) is 87.1 Å². The van der Waals surface area contributed by atoms with Gasteiger partial charge in [-0.05, 0) is 58.4 Å². The van der Waals surface area contributed by atoms with Gasteiger partial charge >= 0.3 is 5.97 Å². The Kier molecular flexibility index (Phi) is 4.90. The molecule has 3 rings (SSSR count). The summed E-state index contributed by atoms with van der Waals surface area (Å²) >= 11 is 3.35. The summed E-state index contributed by atoms with van der Waals surface area (Å²) in [6.07, 6.45) is 1.56. The molecule has 0 fully saturated rings. The van der Waals surface area contributed by atoms with Gasteiger partial charge < -0.3 is 15.7 Å². The van der Waals surface area contributed by atoms with Crippen LogP contribution < -0.4 is 10.6 Å². The van der Waals surface area contributed by atoms with Crippen LogP contribution in [0.4, 0.5) is 27.5 Å². The summed E-state index contributed by atoms with van der Waals surface area (Å²) in [5, 5.41) is 15.0. The molecule has 126 valence electrons. The summed E-state index contributed by atoms with van der Waals surface area (Å²) in [5.41, 5.74) is 1.38. The van der Waals surface area contributed by atoms with Crippen molar-refractivity contribution in [1.29, 1.82) is 0 Å². The van der Waals surface area contributed by atoms with Gasteiger partial charge in [-0.1, -0.05) is 6.07 Å². The third-order valence-corrected chi connectivity index (χ3v) is 3.80. The number of aromatic carboxylic acids is 1. The summed E-state index contributed by atoms with van der Waals surface area (Å²) in [4.78, 5) is 19.5. The van der Waals surface area contributed by atoms with E-state index in [2.05, 4.69) is 36.5 Å². The Morgan fingerprint density at radius 1 is 1.08 bits per heavy atom. The van der Waals surface area contributed by atoms with Crippen molar-refractivity contribution in [2.45, 2.75) is 0 Å². The first-order valence-electron chi connectivity index (χ1n) is 7.17. The van der Waals surface area contributed by atoms with Crippen LogP contribution in [-0.4, -0.2) is 21.0 Å². The zero-order valence-corrected chi connectivity index (χ0v) is 14.3. The number of benzene rings is 2. The Hall–Kier alpha value is -3.00. The van der Waals surface area contributed by atoms with E-state index in [4.69, 9.17) is 5.11 Å². The Bertz CT molecular complexity index is 919. The first-order chi connectivity index (χ1) is 12.0. The van der Waals surface area contributed by atoms with Crippen molar-refractivity contribution in [2.75, 3.05) is 10.6 Å². The predicted octanol–water partition coefficient (Wildman–Crippen LogP) is 4.56. The van der Waals surface area contributed by atoms with Crippen LogP contribution in [0, 0.1) is 5.82 Å². The van der Waals surface area contributed by atoms with Gasteiger partial charge in [0.2, 0.25) is 5.95 Å². The van der Waals surface area contributed by atoms with E-state index in [1.54, 1.807) is 30.5 Å². The number of rotatable bonds is 5. The van der Waals surface area contributed by atoms with Crippen LogP contribution in [0.3, 0.4) is 0 Å². The van der Waals surface area contributed by atoms with Crippen molar-refractivity contribution in [3.63, 3.8) is 0 Å². The molecule has 8 heteroatoms. The lowest BCUT2D eigenvalue weighted by molar-refractivity contribution is 0.0697. The molecule has 3 N–H and O–H groups in total. The quantitative estimate of drug-likeness (QED) is 0.579. The van der Waals surface area contributed by atoms with E-state index in [1.165, 1.54) is 24.3 Å². The molecule has 0 bridgehead atoms. The number of hydrogen-bond acceptors (Lipinski definition) is 5. The van der Waals surface area contributed by atoms with Crippen LogP contribution in [0.1, 0.15) is 10.4 Å². The van der Waals surface area contributed by atoms with E-state index in [1.807, 2.05) is 0 Å². The number of carbonyl (C=O) groups is 1. The lowest BCUT2D eigenvalue weighted by atomic mass is 10.2. The van der Waals surface area contributed by atoms with Crippen molar-refractivity contribution in [3.05, 3.63) is 70.6 Å². The van der Waals surface area contributed by atoms with Gasteiger partial charge in [0, 0.05) is 17.6 Å². The first-order valence-corrected chi connectivity index (χ1v) is 7.96. The molecule has 1 heterocycles. The first kappa shape index (κ1) is 16.8. The number of nitrogens with zero attached hydrogens (tertiary/aromatic N) is 2. The summed E-state index contributed by atoms with van der Waals surface area (Å²) < 4.78 is 13.6. The molecule has 0 atom stereocenters. The van der Waals surface area contributed by atoms with E-state index in [0.29, 0.717) is 21.7 Å². The van der Waals surface area contributed by atoms with Gasteiger partial charge in [0.05, 0.1) is 10.0 Å². The third-order valence-electron chi connectivity index (χ3n) is 3.22. The Morgan fingerprint density at radius 2 is 1.84 bits per heavy atom. The number of nitrogens with one attached hydrogen (secondary N) is 2. The zero-order chi connectivity index (χ0) is 17.8. The molecule has 1 aromatic heterocycles. The van der Waals surface area contributed by atoms with Crippen LogP contribution in [0.25, 0.3) is 0 Å². The number of aromatic nitrogens is 2. The Morgan fingerprint density at radius 3 is 2.56 bits per heavy atom. The molecule has 0 saturated carbocycles. The van der Waals surface area contributed by atoms with Crippen LogP contribution >= 0.6 is 15.9 Å². The van der Waals surface area contributed by atoms with E-state index in [-0.39, 0.29) is 17.3 Å². The molecule has 0 radical (unpaired) electrons. The van der Waals surface area contributed by atoms with Crippen molar-refractivity contribution in [1.82, 2.24) is 9.97 Å². The number of hydrogen-bond donors (Lipinski definition) is 3. The second-order valence-corrected chi connectivity index (χ2v) is 5.89. The smallest absolute Gasteiger partial charge is 0.335 e. The van der Waals surface area contributed by atoms with Crippen LogP contribution in [0.5, 0.6) is 0 Å².